The number of carbonyl (C=O) groups is 1. The van der Waals surface area contributed by atoms with Crippen molar-refractivity contribution < 1.29 is 17.7 Å². The summed E-state index contributed by atoms with van der Waals surface area (Å²) in [6.45, 7) is 9.61. The smallest absolute Gasteiger partial charge is 0.259 e. The number of fused-ring (bicyclic) bond motifs is 1. The average molecular weight is 381 g/mol. The topological polar surface area (TPSA) is 83.7 Å². The van der Waals surface area contributed by atoms with Gasteiger partial charge in [0.1, 0.15) is 11.3 Å². The van der Waals surface area contributed by atoms with Crippen LogP contribution in [0.2, 0.25) is 0 Å². The Kier molecular flexibility index (Phi) is 5.25. The van der Waals surface area contributed by atoms with Crippen molar-refractivity contribution in [3.8, 4) is 0 Å². The maximum atomic E-state index is 13.2. The Hall–Kier alpha value is -1.67. The lowest BCUT2D eigenvalue weighted by atomic mass is 10.0. The van der Waals surface area contributed by atoms with Crippen molar-refractivity contribution in [2.45, 2.75) is 46.2 Å². The first kappa shape index (κ1) is 19.1. The van der Waals surface area contributed by atoms with Crippen LogP contribution >= 0.6 is 0 Å². The van der Waals surface area contributed by atoms with Crippen molar-refractivity contribution in [2.24, 2.45) is 0 Å². The minimum atomic E-state index is -3.16. The van der Waals surface area contributed by atoms with Gasteiger partial charge in [0, 0.05) is 25.7 Å². The van der Waals surface area contributed by atoms with Crippen molar-refractivity contribution in [3.63, 3.8) is 0 Å². The molecule has 0 saturated carbocycles. The molecular weight excluding hydrogens is 354 g/mol. The molecule has 0 N–H and O–H groups in total. The van der Waals surface area contributed by atoms with Gasteiger partial charge in [0.05, 0.1) is 23.2 Å². The van der Waals surface area contributed by atoms with E-state index in [0.29, 0.717) is 43.1 Å². The predicted molar refractivity (Wildman–Crippen MR) is 98.9 cm³/mol. The summed E-state index contributed by atoms with van der Waals surface area (Å²) in [5.74, 6) is 0.479. The van der Waals surface area contributed by atoms with Crippen LogP contribution < -0.4 is 0 Å². The van der Waals surface area contributed by atoms with Crippen molar-refractivity contribution in [3.05, 3.63) is 28.7 Å². The Bertz CT molecular complexity index is 823. The van der Waals surface area contributed by atoms with Crippen molar-refractivity contribution >= 4 is 15.7 Å². The van der Waals surface area contributed by atoms with Gasteiger partial charge in [-0.2, -0.15) is 0 Å². The summed E-state index contributed by atoms with van der Waals surface area (Å²) in [5, 5.41) is 3.97. The van der Waals surface area contributed by atoms with E-state index in [2.05, 4.69) is 16.1 Å². The van der Waals surface area contributed by atoms with Crippen LogP contribution in [-0.2, 0) is 16.3 Å². The normalized spacial score (nSPS) is 25.2. The number of nitrogens with zero attached hydrogens (tertiary/aromatic N) is 3. The van der Waals surface area contributed by atoms with Crippen LogP contribution in [0.3, 0.4) is 0 Å². The zero-order chi connectivity index (χ0) is 19.1. The van der Waals surface area contributed by atoms with Gasteiger partial charge in [-0.05, 0) is 27.2 Å². The standard InChI is InChI=1S/C18H27N3O4S/c1-5-14-17(13(4)25-19-14)18(22)21-9-8-20(7-6-12(2)3)15-10-26(23,24)11-16(15)21/h6,15-16H,5,7-11H2,1-4H3/t15-,16+/m1/s1. The number of sulfone groups is 1. The number of hydrogen-bond donors (Lipinski definition) is 0. The van der Waals surface area contributed by atoms with E-state index in [1.165, 1.54) is 5.57 Å². The molecule has 0 spiro atoms. The Morgan fingerprint density at radius 2 is 1.96 bits per heavy atom. The molecule has 2 aliphatic rings. The number of rotatable bonds is 4. The van der Waals surface area contributed by atoms with Crippen molar-refractivity contribution in [2.75, 3.05) is 31.1 Å². The number of allylic oxidation sites excluding steroid dienone is 1. The van der Waals surface area contributed by atoms with E-state index in [9.17, 15) is 13.2 Å². The third-order valence-electron chi connectivity index (χ3n) is 5.27. The van der Waals surface area contributed by atoms with Gasteiger partial charge in [0.2, 0.25) is 0 Å². The number of carbonyl (C=O) groups excluding carboxylic acids is 1. The third-order valence-corrected chi connectivity index (χ3v) is 6.97. The highest BCUT2D eigenvalue weighted by Gasteiger charge is 2.48. The zero-order valence-corrected chi connectivity index (χ0v) is 16.7. The van der Waals surface area contributed by atoms with Gasteiger partial charge in [-0.15, -0.1) is 0 Å². The van der Waals surface area contributed by atoms with Crippen LogP contribution in [0.1, 0.15) is 42.6 Å². The van der Waals surface area contributed by atoms with Gasteiger partial charge in [-0.3, -0.25) is 9.69 Å². The lowest BCUT2D eigenvalue weighted by Crippen LogP contribution is -2.60. The van der Waals surface area contributed by atoms with E-state index < -0.39 is 9.84 Å². The molecule has 26 heavy (non-hydrogen) atoms. The number of aryl methyl sites for hydroxylation is 2. The fourth-order valence-electron chi connectivity index (χ4n) is 3.88. The number of amides is 1. The Morgan fingerprint density at radius 1 is 1.27 bits per heavy atom. The lowest BCUT2D eigenvalue weighted by Gasteiger charge is -2.43. The summed E-state index contributed by atoms with van der Waals surface area (Å²) in [4.78, 5) is 17.1. The minimum absolute atomic E-state index is 0.0283. The van der Waals surface area contributed by atoms with Crippen molar-refractivity contribution in [1.82, 2.24) is 15.0 Å². The quantitative estimate of drug-likeness (QED) is 0.734. The maximum absolute atomic E-state index is 13.2. The van der Waals surface area contributed by atoms with Gasteiger partial charge >= 0.3 is 0 Å². The van der Waals surface area contributed by atoms with Gasteiger partial charge in [-0.1, -0.05) is 23.7 Å². The van der Waals surface area contributed by atoms with E-state index in [1.54, 1.807) is 11.8 Å². The fraction of sp³-hybridized carbons (Fsp3) is 0.667. The molecule has 0 bridgehead atoms. The fourth-order valence-corrected chi connectivity index (χ4v) is 5.89. The summed E-state index contributed by atoms with van der Waals surface area (Å²) in [6, 6.07) is -0.468. The largest absolute Gasteiger partial charge is 0.361 e. The minimum Gasteiger partial charge on any atom is -0.361 e. The highest BCUT2D eigenvalue weighted by Crippen LogP contribution is 2.29. The first-order chi connectivity index (χ1) is 12.2. The van der Waals surface area contributed by atoms with Gasteiger partial charge in [0.25, 0.3) is 5.91 Å². The van der Waals surface area contributed by atoms with Crippen LogP contribution in [0.4, 0.5) is 0 Å². The first-order valence-electron chi connectivity index (χ1n) is 9.07. The Labute approximate surface area is 154 Å². The van der Waals surface area contributed by atoms with Crippen LogP contribution in [0.15, 0.2) is 16.2 Å². The molecule has 2 fully saturated rings. The Balaban J connectivity index is 1.89. The molecule has 2 saturated heterocycles. The molecule has 0 aromatic carbocycles. The summed E-state index contributed by atoms with van der Waals surface area (Å²) in [6.07, 6.45) is 2.71. The Morgan fingerprint density at radius 3 is 2.62 bits per heavy atom. The summed E-state index contributed by atoms with van der Waals surface area (Å²) < 4.78 is 29.8. The molecule has 3 heterocycles. The van der Waals surface area contributed by atoms with Crippen molar-refractivity contribution in [1.29, 1.82) is 0 Å². The molecule has 2 atom stereocenters. The van der Waals surface area contributed by atoms with Gasteiger partial charge < -0.3 is 9.42 Å². The second-order valence-corrected chi connectivity index (χ2v) is 9.55. The number of piperazine rings is 1. The van der Waals surface area contributed by atoms with Crippen LogP contribution in [-0.4, -0.2) is 72.5 Å². The maximum Gasteiger partial charge on any atom is 0.259 e. The second kappa shape index (κ2) is 7.15. The predicted octanol–water partition coefficient (Wildman–Crippen LogP) is 1.44. The number of aromatic nitrogens is 1. The van der Waals surface area contributed by atoms with Crippen LogP contribution in [0, 0.1) is 6.92 Å². The lowest BCUT2D eigenvalue weighted by molar-refractivity contribution is 0.0366. The molecule has 1 aromatic heterocycles. The summed E-state index contributed by atoms with van der Waals surface area (Å²) in [7, 11) is -3.16. The molecule has 0 unspecified atom stereocenters. The van der Waals surface area contributed by atoms with E-state index >= 15 is 0 Å². The van der Waals surface area contributed by atoms with Crippen LogP contribution in [0.25, 0.3) is 0 Å². The number of hydrogen-bond acceptors (Lipinski definition) is 6. The highest BCUT2D eigenvalue weighted by molar-refractivity contribution is 7.91. The molecule has 144 valence electrons. The molecule has 7 nitrogen and oxygen atoms in total. The second-order valence-electron chi connectivity index (χ2n) is 7.40. The molecular formula is C18H27N3O4S. The molecule has 1 aromatic rings. The molecule has 8 heteroatoms. The summed E-state index contributed by atoms with van der Waals surface area (Å²) in [5.41, 5.74) is 2.33. The molecule has 0 radical (unpaired) electrons. The SMILES string of the molecule is CCc1noc(C)c1C(=O)N1CCN(CC=C(C)C)[C@@H]2CS(=O)(=O)C[C@@H]21. The highest BCUT2D eigenvalue weighted by atomic mass is 32.2. The molecule has 0 aliphatic carbocycles. The molecule has 2 aliphatic heterocycles. The van der Waals surface area contributed by atoms with E-state index in [0.717, 1.165) is 0 Å². The molecule has 1 amide bonds. The first-order valence-corrected chi connectivity index (χ1v) is 10.9. The van der Waals surface area contributed by atoms with Crippen LogP contribution in [0.5, 0.6) is 0 Å². The average Bonchev–Trinajstić information content (AvgIpc) is 3.10. The third kappa shape index (κ3) is 3.57. The molecule has 3 rings (SSSR count). The van der Waals surface area contributed by atoms with Gasteiger partial charge in [0.15, 0.2) is 9.84 Å². The van der Waals surface area contributed by atoms with Gasteiger partial charge in [-0.25, -0.2) is 8.42 Å². The van der Waals surface area contributed by atoms with E-state index in [4.69, 9.17) is 4.52 Å². The van der Waals surface area contributed by atoms with E-state index in [1.807, 2.05) is 20.8 Å². The monoisotopic (exact) mass is 381 g/mol. The zero-order valence-electron chi connectivity index (χ0n) is 15.9. The van der Waals surface area contributed by atoms with E-state index in [-0.39, 0.29) is 29.5 Å². The summed E-state index contributed by atoms with van der Waals surface area (Å²) >= 11 is 0.